The minimum atomic E-state index is -4.44. The summed E-state index contributed by atoms with van der Waals surface area (Å²) in [5.41, 5.74) is 0.697. The summed E-state index contributed by atoms with van der Waals surface area (Å²) in [6.07, 6.45) is -0.626. The maximum absolute atomic E-state index is 13.2. The van der Waals surface area contributed by atoms with Crippen molar-refractivity contribution in [2.45, 2.75) is 32.0 Å². The van der Waals surface area contributed by atoms with E-state index in [0.717, 1.165) is 62.0 Å². The summed E-state index contributed by atoms with van der Waals surface area (Å²) >= 11 is 5.99. The highest BCUT2D eigenvalue weighted by Gasteiger charge is 2.32. The molecule has 0 bridgehead atoms. The van der Waals surface area contributed by atoms with Gasteiger partial charge in [0.05, 0.1) is 11.3 Å². The first kappa shape index (κ1) is 25.6. The largest absolute Gasteiger partial charge is 0.417 e. The molecule has 0 radical (unpaired) electrons. The van der Waals surface area contributed by atoms with Gasteiger partial charge in [0.2, 0.25) is 5.91 Å². The van der Waals surface area contributed by atoms with Crippen molar-refractivity contribution in [3.05, 3.63) is 53.3 Å². The minimum Gasteiger partial charge on any atom is -0.379 e. The number of benzene rings is 1. The molecule has 0 spiro atoms. The Morgan fingerprint density at radius 2 is 1.86 bits per heavy atom. The fourth-order valence-corrected chi connectivity index (χ4v) is 4.95. The van der Waals surface area contributed by atoms with Crippen molar-refractivity contribution in [2.24, 2.45) is 5.92 Å². The molecule has 2 saturated heterocycles. The van der Waals surface area contributed by atoms with E-state index in [1.807, 2.05) is 36.1 Å². The highest BCUT2D eigenvalue weighted by Crippen LogP contribution is 2.30. The molecule has 190 valence electrons. The first-order valence-electron chi connectivity index (χ1n) is 12.0. The third kappa shape index (κ3) is 6.79. The van der Waals surface area contributed by atoms with Crippen LogP contribution in [0.1, 0.15) is 25.3 Å². The summed E-state index contributed by atoms with van der Waals surface area (Å²) in [5.74, 6) is -0.0511. The Labute approximate surface area is 209 Å². The van der Waals surface area contributed by atoms with Crippen molar-refractivity contribution in [2.75, 3.05) is 56.0 Å². The van der Waals surface area contributed by atoms with E-state index in [0.29, 0.717) is 25.3 Å². The fourth-order valence-electron chi connectivity index (χ4n) is 4.82. The Kier molecular flexibility index (Phi) is 8.06. The number of nitrogens with one attached hydrogen (secondary N) is 1. The highest BCUT2D eigenvalue weighted by atomic mass is 35.5. The number of pyridine rings is 1. The summed E-state index contributed by atoms with van der Waals surface area (Å²) in [5, 5.41) is 3.87. The molecule has 2 aliphatic heterocycles. The number of carbonyl (C=O) groups excluding carboxylic acids is 1. The second-order valence-electron chi connectivity index (χ2n) is 9.39. The number of rotatable bonds is 6. The van der Waals surface area contributed by atoms with Crippen molar-refractivity contribution < 1.29 is 18.0 Å². The Balaban J connectivity index is 1.26. The Bertz CT molecular complexity index is 995. The van der Waals surface area contributed by atoms with Crippen LogP contribution in [0, 0.1) is 5.92 Å². The van der Waals surface area contributed by atoms with Crippen LogP contribution < -0.4 is 10.2 Å². The molecular formula is C25H31ClF3N5O. The molecule has 10 heteroatoms. The van der Waals surface area contributed by atoms with Gasteiger partial charge in [-0.2, -0.15) is 13.2 Å². The predicted octanol–water partition coefficient (Wildman–Crippen LogP) is 4.62. The standard InChI is InChI=1S/C25H31ClF3N5O/c1-18(16-32-9-11-33(12-10-32)23-6-4-20(26)5-7-23)24(35)34-8-2-3-21(17-34)31-22-13-19(14-30-15-22)25(27,28)29/h4-7,13-15,18,21,31H,2-3,8-12,16-17H2,1H3. The van der Waals surface area contributed by atoms with Crippen molar-refractivity contribution in [1.29, 1.82) is 0 Å². The van der Waals surface area contributed by atoms with Crippen LogP contribution in [-0.4, -0.2) is 72.5 Å². The number of aromatic nitrogens is 1. The lowest BCUT2D eigenvalue weighted by Crippen LogP contribution is -2.51. The maximum Gasteiger partial charge on any atom is 0.417 e. The molecule has 1 aromatic heterocycles. The number of hydrogen-bond donors (Lipinski definition) is 1. The number of piperazine rings is 1. The van der Waals surface area contributed by atoms with Gasteiger partial charge in [0.1, 0.15) is 0 Å². The van der Waals surface area contributed by atoms with E-state index in [2.05, 4.69) is 20.1 Å². The number of likely N-dealkylation sites (tertiary alicyclic amines) is 1. The lowest BCUT2D eigenvalue weighted by atomic mass is 10.0. The SMILES string of the molecule is CC(CN1CCN(c2ccc(Cl)cc2)CC1)C(=O)N1CCCC(Nc2cncc(C(F)(F)F)c2)C1. The summed E-state index contributed by atoms with van der Waals surface area (Å²) in [6, 6.07) is 8.82. The number of alkyl halides is 3. The summed E-state index contributed by atoms with van der Waals surface area (Å²) in [7, 11) is 0. The Morgan fingerprint density at radius 1 is 1.14 bits per heavy atom. The minimum absolute atomic E-state index is 0.0961. The van der Waals surface area contributed by atoms with E-state index in [1.54, 1.807) is 0 Å². The van der Waals surface area contributed by atoms with Gasteiger partial charge in [-0.15, -0.1) is 0 Å². The van der Waals surface area contributed by atoms with Crippen LogP contribution >= 0.6 is 11.6 Å². The molecule has 6 nitrogen and oxygen atoms in total. The normalized spacial score (nSPS) is 20.5. The van der Waals surface area contributed by atoms with E-state index in [4.69, 9.17) is 11.6 Å². The van der Waals surface area contributed by atoms with Crippen LogP contribution in [0.5, 0.6) is 0 Å². The number of anilines is 2. The van der Waals surface area contributed by atoms with Crippen LogP contribution in [0.15, 0.2) is 42.7 Å². The van der Waals surface area contributed by atoms with Crippen molar-refractivity contribution in [1.82, 2.24) is 14.8 Å². The average molecular weight is 510 g/mol. The maximum atomic E-state index is 13.2. The van der Waals surface area contributed by atoms with Gasteiger partial charge in [-0.3, -0.25) is 14.7 Å². The smallest absolute Gasteiger partial charge is 0.379 e. The third-order valence-corrected chi connectivity index (χ3v) is 6.94. The average Bonchev–Trinajstić information content (AvgIpc) is 2.84. The fraction of sp³-hybridized carbons (Fsp3) is 0.520. The molecule has 1 amide bonds. The molecule has 2 aliphatic rings. The van der Waals surface area contributed by atoms with Crippen molar-refractivity contribution >= 4 is 28.9 Å². The highest BCUT2D eigenvalue weighted by molar-refractivity contribution is 6.30. The van der Waals surface area contributed by atoms with Crippen LogP contribution in [0.4, 0.5) is 24.5 Å². The van der Waals surface area contributed by atoms with E-state index in [9.17, 15) is 18.0 Å². The number of halogens is 4. The van der Waals surface area contributed by atoms with Crippen LogP contribution in [0.25, 0.3) is 0 Å². The Morgan fingerprint density at radius 3 is 2.54 bits per heavy atom. The zero-order valence-electron chi connectivity index (χ0n) is 19.8. The van der Waals surface area contributed by atoms with Crippen LogP contribution in [0.2, 0.25) is 5.02 Å². The lowest BCUT2D eigenvalue weighted by Gasteiger charge is -2.39. The van der Waals surface area contributed by atoms with Gasteiger partial charge in [0.25, 0.3) is 0 Å². The van der Waals surface area contributed by atoms with Gasteiger partial charge in [0.15, 0.2) is 0 Å². The second-order valence-corrected chi connectivity index (χ2v) is 9.83. The van der Waals surface area contributed by atoms with Gasteiger partial charge < -0.3 is 15.1 Å². The third-order valence-electron chi connectivity index (χ3n) is 6.69. The van der Waals surface area contributed by atoms with Crippen molar-refractivity contribution in [3.63, 3.8) is 0 Å². The van der Waals surface area contributed by atoms with Gasteiger partial charge in [0, 0.05) is 80.9 Å². The summed E-state index contributed by atoms with van der Waals surface area (Å²) < 4.78 is 39.0. The molecule has 1 N–H and O–H groups in total. The molecular weight excluding hydrogens is 479 g/mol. The molecule has 2 aromatic rings. The molecule has 2 unspecified atom stereocenters. The molecule has 0 saturated carbocycles. The zero-order valence-corrected chi connectivity index (χ0v) is 20.5. The van der Waals surface area contributed by atoms with E-state index in [1.165, 1.54) is 6.20 Å². The monoisotopic (exact) mass is 509 g/mol. The first-order valence-corrected chi connectivity index (χ1v) is 12.4. The molecule has 3 heterocycles. The van der Waals surface area contributed by atoms with Gasteiger partial charge in [-0.25, -0.2) is 0 Å². The number of nitrogens with zero attached hydrogens (tertiary/aromatic N) is 4. The molecule has 0 aliphatic carbocycles. The van der Waals surface area contributed by atoms with Crippen molar-refractivity contribution in [3.8, 4) is 0 Å². The second kappa shape index (κ2) is 11.0. The van der Waals surface area contributed by atoms with E-state index >= 15 is 0 Å². The number of hydrogen-bond acceptors (Lipinski definition) is 5. The number of piperidine rings is 1. The molecule has 2 atom stereocenters. The molecule has 4 rings (SSSR count). The predicted molar refractivity (Wildman–Crippen MR) is 132 cm³/mol. The van der Waals surface area contributed by atoms with Crippen LogP contribution in [-0.2, 0) is 11.0 Å². The molecule has 1 aromatic carbocycles. The lowest BCUT2D eigenvalue weighted by molar-refractivity contribution is -0.138. The van der Waals surface area contributed by atoms with E-state index < -0.39 is 11.7 Å². The van der Waals surface area contributed by atoms with Gasteiger partial charge in [-0.1, -0.05) is 18.5 Å². The number of amides is 1. The van der Waals surface area contributed by atoms with E-state index in [-0.39, 0.29) is 17.9 Å². The van der Waals surface area contributed by atoms with Gasteiger partial charge in [-0.05, 0) is 43.2 Å². The topological polar surface area (TPSA) is 51.7 Å². The molecule has 2 fully saturated rings. The summed E-state index contributed by atoms with van der Waals surface area (Å²) in [4.78, 5) is 23.4. The zero-order chi connectivity index (χ0) is 25.0. The number of carbonyl (C=O) groups is 1. The molecule has 35 heavy (non-hydrogen) atoms. The van der Waals surface area contributed by atoms with Gasteiger partial charge >= 0.3 is 6.18 Å². The Hall–Kier alpha value is -2.52. The summed E-state index contributed by atoms with van der Waals surface area (Å²) in [6.45, 7) is 7.35. The van der Waals surface area contributed by atoms with Crippen LogP contribution in [0.3, 0.4) is 0 Å². The quantitative estimate of drug-likeness (QED) is 0.616. The first-order chi connectivity index (χ1) is 16.7.